The van der Waals surface area contributed by atoms with Gasteiger partial charge >= 0.3 is 0 Å². The van der Waals surface area contributed by atoms with E-state index < -0.39 is 10.0 Å². The molecule has 0 radical (unpaired) electrons. The molecule has 0 spiro atoms. The number of carbonyl (C=O) groups excluding carboxylic acids is 1. The van der Waals surface area contributed by atoms with Crippen molar-refractivity contribution in [2.45, 2.75) is 43.0 Å². The lowest BCUT2D eigenvalue weighted by atomic mass is 9.87. The molecule has 2 aromatic carbocycles. The molecule has 1 aliphatic carbocycles. The van der Waals surface area contributed by atoms with Gasteiger partial charge in [-0.1, -0.05) is 6.07 Å². The highest BCUT2D eigenvalue weighted by molar-refractivity contribution is 7.89. The van der Waals surface area contributed by atoms with Crippen molar-refractivity contribution in [3.05, 3.63) is 59.2 Å². The summed E-state index contributed by atoms with van der Waals surface area (Å²) in [7, 11) is -1.82. The molecule has 1 N–H and O–H groups in total. The van der Waals surface area contributed by atoms with Crippen molar-refractivity contribution in [1.29, 1.82) is 0 Å². The molecular formula is C22H26N2O4S. The summed E-state index contributed by atoms with van der Waals surface area (Å²) in [5, 5.41) is 3.10. The predicted molar refractivity (Wildman–Crippen MR) is 111 cm³/mol. The molecular weight excluding hydrogens is 388 g/mol. The fourth-order valence-electron chi connectivity index (χ4n) is 4.16. The molecule has 4 rings (SSSR count). The van der Waals surface area contributed by atoms with Crippen molar-refractivity contribution in [1.82, 2.24) is 9.62 Å². The largest absolute Gasteiger partial charge is 0.497 e. The van der Waals surface area contributed by atoms with Crippen LogP contribution in [0.3, 0.4) is 0 Å². The van der Waals surface area contributed by atoms with E-state index in [4.69, 9.17) is 4.74 Å². The standard InChI is InChI=1S/C22H26N2O4S/c1-28-18-9-12-20-17(15-18)5-4-6-21(20)23-22(25)16-7-10-19(11-8-16)29(26,27)24-13-2-3-14-24/h7-12,15,21H,2-6,13-14H2,1H3,(H,23,25). The predicted octanol–water partition coefficient (Wildman–Crippen LogP) is 3.29. The second-order valence-electron chi connectivity index (χ2n) is 7.62. The lowest BCUT2D eigenvalue weighted by Gasteiger charge is -2.27. The number of hydrogen-bond acceptors (Lipinski definition) is 4. The van der Waals surface area contributed by atoms with Crippen LogP contribution in [0.1, 0.15) is 53.2 Å². The Labute approximate surface area is 171 Å². The molecule has 7 heteroatoms. The number of nitrogens with one attached hydrogen (secondary N) is 1. The van der Waals surface area contributed by atoms with E-state index in [1.807, 2.05) is 18.2 Å². The number of benzene rings is 2. The molecule has 1 fully saturated rings. The summed E-state index contributed by atoms with van der Waals surface area (Å²) in [6.07, 6.45) is 4.65. The first-order chi connectivity index (χ1) is 14.0. The molecule has 1 amide bonds. The van der Waals surface area contributed by atoms with Crippen LogP contribution >= 0.6 is 0 Å². The van der Waals surface area contributed by atoms with Crippen LogP contribution in [0.5, 0.6) is 5.75 Å². The van der Waals surface area contributed by atoms with E-state index in [2.05, 4.69) is 5.32 Å². The van der Waals surface area contributed by atoms with Crippen LogP contribution in [0.2, 0.25) is 0 Å². The Bertz CT molecular complexity index is 996. The van der Waals surface area contributed by atoms with Crippen LogP contribution in [-0.4, -0.2) is 38.8 Å². The molecule has 154 valence electrons. The Morgan fingerprint density at radius 2 is 1.79 bits per heavy atom. The number of ether oxygens (including phenoxy) is 1. The highest BCUT2D eigenvalue weighted by Crippen LogP contribution is 2.32. The van der Waals surface area contributed by atoms with Gasteiger partial charge in [-0.05, 0) is 79.6 Å². The fourth-order valence-corrected chi connectivity index (χ4v) is 5.68. The third-order valence-corrected chi connectivity index (χ3v) is 7.70. The Morgan fingerprint density at radius 1 is 1.07 bits per heavy atom. The number of aryl methyl sites for hydroxylation is 1. The monoisotopic (exact) mass is 414 g/mol. The molecule has 6 nitrogen and oxygen atoms in total. The van der Waals surface area contributed by atoms with Crippen LogP contribution in [0, 0.1) is 0 Å². The molecule has 29 heavy (non-hydrogen) atoms. The summed E-state index contributed by atoms with van der Waals surface area (Å²) in [5.41, 5.74) is 2.79. The minimum atomic E-state index is -3.47. The smallest absolute Gasteiger partial charge is 0.251 e. The minimum Gasteiger partial charge on any atom is -0.497 e. The Hall–Kier alpha value is -2.38. The normalized spacial score (nSPS) is 19.6. The molecule has 1 saturated heterocycles. The quantitative estimate of drug-likeness (QED) is 0.815. The van der Waals surface area contributed by atoms with Crippen molar-refractivity contribution in [3.63, 3.8) is 0 Å². The number of nitrogens with zero attached hydrogens (tertiary/aromatic N) is 1. The summed E-state index contributed by atoms with van der Waals surface area (Å²) in [5.74, 6) is 0.634. The van der Waals surface area contributed by atoms with Crippen LogP contribution in [0.15, 0.2) is 47.4 Å². The van der Waals surface area contributed by atoms with E-state index in [1.165, 1.54) is 22.0 Å². The average Bonchev–Trinajstić information content (AvgIpc) is 3.29. The molecule has 0 saturated carbocycles. The molecule has 1 atom stereocenters. The second kappa shape index (κ2) is 8.16. The average molecular weight is 415 g/mol. The van der Waals surface area contributed by atoms with E-state index >= 15 is 0 Å². The van der Waals surface area contributed by atoms with Gasteiger partial charge in [0.1, 0.15) is 5.75 Å². The fraction of sp³-hybridized carbons (Fsp3) is 0.409. The summed E-state index contributed by atoms with van der Waals surface area (Å²) in [6, 6.07) is 12.2. The number of hydrogen-bond donors (Lipinski definition) is 1. The first-order valence-corrected chi connectivity index (χ1v) is 11.5. The third-order valence-electron chi connectivity index (χ3n) is 5.79. The Balaban J connectivity index is 1.49. The van der Waals surface area contributed by atoms with Gasteiger partial charge in [-0.2, -0.15) is 4.31 Å². The van der Waals surface area contributed by atoms with Crippen molar-refractivity contribution < 1.29 is 17.9 Å². The topological polar surface area (TPSA) is 75.7 Å². The maximum absolute atomic E-state index is 12.8. The number of sulfonamides is 1. The highest BCUT2D eigenvalue weighted by atomic mass is 32.2. The van der Waals surface area contributed by atoms with Gasteiger partial charge in [0.05, 0.1) is 18.0 Å². The first kappa shape index (κ1) is 19.9. The van der Waals surface area contributed by atoms with Crippen LogP contribution in [0.4, 0.5) is 0 Å². The number of amides is 1. The molecule has 2 aliphatic rings. The van der Waals surface area contributed by atoms with Crippen LogP contribution in [0.25, 0.3) is 0 Å². The van der Waals surface area contributed by atoms with Gasteiger partial charge in [0.25, 0.3) is 5.91 Å². The van der Waals surface area contributed by atoms with Gasteiger partial charge in [-0.15, -0.1) is 0 Å². The van der Waals surface area contributed by atoms with E-state index in [0.29, 0.717) is 18.7 Å². The van der Waals surface area contributed by atoms with Gasteiger partial charge in [0, 0.05) is 18.7 Å². The molecule has 0 bridgehead atoms. The van der Waals surface area contributed by atoms with E-state index in [1.54, 1.807) is 19.2 Å². The second-order valence-corrected chi connectivity index (χ2v) is 9.56. The van der Waals surface area contributed by atoms with Crippen molar-refractivity contribution in [2.24, 2.45) is 0 Å². The SMILES string of the molecule is COc1ccc2c(c1)CCCC2NC(=O)c1ccc(S(=O)(=O)N2CCCC2)cc1. The van der Waals surface area contributed by atoms with E-state index in [-0.39, 0.29) is 16.8 Å². The van der Waals surface area contributed by atoms with Crippen molar-refractivity contribution in [2.75, 3.05) is 20.2 Å². The molecule has 1 heterocycles. The summed E-state index contributed by atoms with van der Waals surface area (Å²) >= 11 is 0. The van der Waals surface area contributed by atoms with Crippen LogP contribution in [-0.2, 0) is 16.4 Å². The summed E-state index contributed by atoms with van der Waals surface area (Å²) in [4.78, 5) is 13.0. The molecule has 1 unspecified atom stereocenters. The number of methoxy groups -OCH3 is 1. The number of carbonyl (C=O) groups is 1. The van der Waals surface area contributed by atoms with Crippen molar-refractivity contribution in [3.8, 4) is 5.75 Å². The van der Waals surface area contributed by atoms with E-state index in [9.17, 15) is 13.2 Å². The highest BCUT2D eigenvalue weighted by Gasteiger charge is 2.27. The van der Waals surface area contributed by atoms with E-state index in [0.717, 1.165) is 43.4 Å². The van der Waals surface area contributed by atoms with Gasteiger partial charge in [0.2, 0.25) is 10.0 Å². The van der Waals surface area contributed by atoms with Gasteiger partial charge in [-0.3, -0.25) is 4.79 Å². The lowest BCUT2D eigenvalue weighted by Crippen LogP contribution is -2.31. The zero-order valence-corrected chi connectivity index (χ0v) is 17.4. The zero-order valence-electron chi connectivity index (χ0n) is 16.6. The van der Waals surface area contributed by atoms with Gasteiger partial charge < -0.3 is 10.1 Å². The maximum Gasteiger partial charge on any atom is 0.251 e. The summed E-state index contributed by atoms with van der Waals surface area (Å²) < 4.78 is 32.1. The molecule has 0 aromatic heterocycles. The number of fused-ring (bicyclic) bond motifs is 1. The number of rotatable bonds is 5. The lowest BCUT2D eigenvalue weighted by molar-refractivity contribution is 0.0932. The van der Waals surface area contributed by atoms with Gasteiger partial charge in [0.15, 0.2) is 0 Å². The van der Waals surface area contributed by atoms with Crippen molar-refractivity contribution >= 4 is 15.9 Å². The third kappa shape index (κ3) is 4.02. The van der Waals surface area contributed by atoms with Crippen LogP contribution < -0.4 is 10.1 Å². The Kier molecular flexibility index (Phi) is 5.61. The molecule has 2 aromatic rings. The molecule has 1 aliphatic heterocycles. The Morgan fingerprint density at radius 3 is 2.48 bits per heavy atom. The minimum absolute atomic E-state index is 0.0508. The van der Waals surface area contributed by atoms with Gasteiger partial charge in [-0.25, -0.2) is 8.42 Å². The first-order valence-electron chi connectivity index (χ1n) is 10.1. The summed E-state index contributed by atoms with van der Waals surface area (Å²) in [6.45, 7) is 1.13. The zero-order chi connectivity index (χ0) is 20.4. The maximum atomic E-state index is 12.8.